The van der Waals surface area contributed by atoms with Crippen molar-refractivity contribution in [2.24, 2.45) is 0 Å². The second kappa shape index (κ2) is 9.14. The lowest BCUT2D eigenvalue weighted by Gasteiger charge is -2.26. The normalized spacial score (nSPS) is 17.0. The van der Waals surface area contributed by atoms with Gasteiger partial charge in [0, 0.05) is 26.2 Å². The van der Waals surface area contributed by atoms with Crippen molar-refractivity contribution in [2.45, 2.75) is 17.9 Å². The molecule has 0 unspecified atom stereocenters. The van der Waals surface area contributed by atoms with Crippen molar-refractivity contribution in [3.8, 4) is 5.75 Å². The van der Waals surface area contributed by atoms with Crippen molar-refractivity contribution in [3.63, 3.8) is 0 Å². The summed E-state index contributed by atoms with van der Waals surface area (Å²) in [5.41, 5.74) is 0. The Labute approximate surface area is 148 Å². The smallest absolute Gasteiger partial charge is 0.241 e. The lowest BCUT2D eigenvalue weighted by atomic mass is 10.3. The molecule has 0 radical (unpaired) electrons. The number of ether oxygens (including phenoxy) is 2. The maximum absolute atomic E-state index is 12.3. The summed E-state index contributed by atoms with van der Waals surface area (Å²) < 4.78 is 37.3. The number of hydrogen-bond acceptors (Lipinski definition) is 6. The third kappa shape index (κ3) is 5.96. The van der Waals surface area contributed by atoms with Gasteiger partial charge < -0.3 is 14.8 Å². The van der Waals surface area contributed by atoms with Gasteiger partial charge in [-0.15, -0.1) is 0 Å². The fourth-order valence-electron chi connectivity index (χ4n) is 2.42. The molecule has 1 aromatic rings. The third-order valence-electron chi connectivity index (χ3n) is 3.93. The number of hydrogen-bond donors (Lipinski definition) is 2. The van der Waals surface area contributed by atoms with Gasteiger partial charge in [-0.2, -0.15) is 4.72 Å². The highest BCUT2D eigenvalue weighted by atomic mass is 32.2. The number of carbonyl (C=O) groups is 1. The molecule has 1 amide bonds. The predicted octanol–water partition coefficient (Wildman–Crippen LogP) is -0.190. The van der Waals surface area contributed by atoms with E-state index in [4.69, 9.17) is 9.47 Å². The zero-order valence-corrected chi connectivity index (χ0v) is 15.3. The molecule has 1 aliphatic rings. The number of benzene rings is 1. The van der Waals surface area contributed by atoms with Gasteiger partial charge in [-0.1, -0.05) is 0 Å². The average molecular weight is 371 g/mol. The van der Waals surface area contributed by atoms with Crippen LogP contribution in [0.1, 0.15) is 6.92 Å². The minimum atomic E-state index is -3.77. The van der Waals surface area contributed by atoms with Crippen LogP contribution in [-0.4, -0.2) is 71.8 Å². The Kier molecular flexibility index (Phi) is 7.18. The van der Waals surface area contributed by atoms with E-state index in [1.807, 2.05) is 0 Å². The first-order valence-corrected chi connectivity index (χ1v) is 9.65. The molecule has 8 nitrogen and oxygen atoms in total. The summed E-state index contributed by atoms with van der Waals surface area (Å²) in [4.78, 5) is 14.4. The van der Waals surface area contributed by atoms with E-state index in [1.165, 1.54) is 26.2 Å². The van der Waals surface area contributed by atoms with Crippen LogP contribution in [0.15, 0.2) is 29.2 Å². The van der Waals surface area contributed by atoms with Gasteiger partial charge >= 0.3 is 0 Å². The summed E-state index contributed by atoms with van der Waals surface area (Å²) >= 11 is 0. The standard InChI is InChI=1S/C16H25N3O5S/c1-13(16(20)17-7-8-19-9-11-24-12-10-19)18-25(21,22)15-5-3-14(23-2)4-6-15/h3-6,13,18H,7-12H2,1-2H3,(H,17,20)/t13-/m0/s1. The molecule has 2 N–H and O–H groups in total. The van der Waals surface area contributed by atoms with Crippen molar-refractivity contribution < 1.29 is 22.7 Å². The molecule has 0 aromatic heterocycles. The molecule has 1 atom stereocenters. The maximum atomic E-state index is 12.3. The Morgan fingerprint density at radius 3 is 2.52 bits per heavy atom. The summed E-state index contributed by atoms with van der Waals surface area (Å²) in [6.07, 6.45) is 0. The molecule has 0 aliphatic carbocycles. The summed E-state index contributed by atoms with van der Waals surface area (Å²) in [6, 6.07) is 5.12. The molecule has 1 saturated heterocycles. The van der Waals surface area contributed by atoms with E-state index in [2.05, 4.69) is 14.9 Å². The average Bonchev–Trinajstić information content (AvgIpc) is 2.62. The highest BCUT2D eigenvalue weighted by Gasteiger charge is 2.22. The molecule has 25 heavy (non-hydrogen) atoms. The van der Waals surface area contributed by atoms with E-state index in [-0.39, 0.29) is 10.8 Å². The largest absolute Gasteiger partial charge is 0.497 e. The molecular weight excluding hydrogens is 346 g/mol. The second-order valence-electron chi connectivity index (χ2n) is 5.76. The molecule has 1 aliphatic heterocycles. The van der Waals surface area contributed by atoms with E-state index in [0.717, 1.165) is 13.1 Å². The van der Waals surface area contributed by atoms with Crippen LogP contribution in [0.4, 0.5) is 0 Å². The van der Waals surface area contributed by atoms with Crippen molar-refractivity contribution in [2.75, 3.05) is 46.5 Å². The zero-order chi connectivity index (χ0) is 18.3. The number of sulfonamides is 1. The fourth-order valence-corrected chi connectivity index (χ4v) is 3.63. The van der Waals surface area contributed by atoms with E-state index in [1.54, 1.807) is 12.1 Å². The summed E-state index contributed by atoms with van der Waals surface area (Å²) in [6.45, 7) is 5.79. The Morgan fingerprint density at radius 1 is 1.28 bits per heavy atom. The van der Waals surface area contributed by atoms with Gasteiger partial charge in [0.1, 0.15) is 5.75 Å². The van der Waals surface area contributed by atoms with Crippen LogP contribution >= 0.6 is 0 Å². The number of nitrogens with zero attached hydrogens (tertiary/aromatic N) is 1. The summed E-state index contributed by atoms with van der Waals surface area (Å²) in [5.74, 6) is 0.207. The van der Waals surface area contributed by atoms with Crippen LogP contribution in [0.25, 0.3) is 0 Å². The monoisotopic (exact) mass is 371 g/mol. The topological polar surface area (TPSA) is 97.0 Å². The molecule has 1 aromatic carbocycles. The van der Waals surface area contributed by atoms with Crippen LogP contribution in [-0.2, 0) is 19.6 Å². The molecule has 1 fully saturated rings. The number of carbonyl (C=O) groups excluding carboxylic acids is 1. The molecule has 0 saturated carbocycles. The van der Waals surface area contributed by atoms with Gasteiger partial charge in [0.2, 0.25) is 15.9 Å². The predicted molar refractivity (Wildman–Crippen MR) is 93.0 cm³/mol. The summed E-state index contributed by atoms with van der Waals surface area (Å²) in [5, 5.41) is 2.75. The molecule has 0 spiro atoms. The zero-order valence-electron chi connectivity index (χ0n) is 14.5. The summed E-state index contributed by atoms with van der Waals surface area (Å²) in [7, 11) is -2.26. The number of nitrogens with one attached hydrogen (secondary N) is 2. The van der Waals surface area contributed by atoms with Gasteiger partial charge in [0.05, 0.1) is 31.3 Å². The first kappa shape index (κ1) is 19.6. The maximum Gasteiger partial charge on any atom is 0.241 e. The van der Waals surface area contributed by atoms with Gasteiger partial charge in [0.25, 0.3) is 0 Å². The number of methoxy groups -OCH3 is 1. The van der Waals surface area contributed by atoms with Crippen LogP contribution in [0.3, 0.4) is 0 Å². The van der Waals surface area contributed by atoms with Crippen LogP contribution in [0, 0.1) is 0 Å². The number of morpholine rings is 1. The van der Waals surface area contributed by atoms with Crippen molar-refractivity contribution in [1.29, 1.82) is 0 Å². The van der Waals surface area contributed by atoms with E-state index in [0.29, 0.717) is 32.1 Å². The molecule has 9 heteroatoms. The van der Waals surface area contributed by atoms with Crippen LogP contribution in [0.5, 0.6) is 5.75 Å². The van der Waals surface area contributed by atoms with E-state index >= 15 is 0 Å². The highest BCUT2D eigenvalue weighted by Crippen LogP contribution is 2.15. The van der Waals surface area contributed by atoms with Crippen LogP contribution < -0.4 is 14.8 Å². The minimum absolute atomic E-state index is 0.0845. The van der Waals surface area contributed by atoms with Crippen molar-refractivity contribution in [1.82, 2.24) is 14.9 Å². The Hall–Kier alpha value is -1.68. The van der Waals surface area contributed by atoms with Gasteiger partial charge in [-0.25, -0.2) is 8.42 Å². The Bertz CT molecular complexity index is 657. The van der Waals surface area contributed by atoms with Crippen LogP contribution in [0.2, 0.25) is 0 Å². The SMILES string of the molecule is COc1ccc(S(=O)(=O)N[C@@H](C)C(=O)NCCN2CCOCC2)cc1. The first-order valence-electron chi connectivity index (χ1n) is 8.16. The highest BCUT2D eigenvalue weighted by molar-refractivity contribution is 7.89. The molecule has 0 bridgehead atoms. The fraction of sp³-hybridized carbons (Fsp3) is 0.562. The van der Waals surface area contributed by atoms with E-state index in [9.17, 15) is 13.2 Å². The molecule has 1 heterocycles. The minimum Gasteiger partial charge on any atom is -0.497 e. The lowest BCUT2D eigenvalue weighted by Crippen LogP contribution is -2.47. The quantitative estimate of drug-likeness (QED) is 0.658. The molecular formula is C16H25N3O5S. The Morgan fingerprint density at radius 2 is 1.92 bits per heavy atom. The molecule has 140 valence electrons. The molecule has 2 rings (SSSR count). The van der Waals surface area contributed by atoms with Gasteiger partial charge in [-0.3, -0.25) is 9.69 Å². The number of rotatable bonds is 8. The first-order chi connectivity index (χ1) is 11.9. The number of amides is 1. The van der Waals surface area contributed by atoms with Gasteiger partial charge in [-0.05, 0) is 31.2 Å². The Balaban J connectivity index is 1.81. The second-order valence-corrected chi connectivity index (χ2v) is 7.48. The van der Waals surface area contributed by atoms with Crippen molar-refractivity contribution in [3.05, 3.63) is 24.3 Å². The van der Waals surface area contributed by atoms with E-state index < -0.39 is 16.1 Å². The lowest BCUT2D eigenvalue weighted by molar-refractivity contribution is -0.122. The van der Waals surface area contributed by atoms with Gasteiger partial charge in [0.15, 0.2) is 0 Å². The van der Waals surface area contributed by atoms with Crippen molar-refractivity contribution >= 4 is 15.9 Å². The third-order valence-corrected chi connectivity index (χ3v) is 5.48.